The molecular weight excluding hydrogens is 371 g/mol. The van der Waals surface area contributed by atoms with Crippen LogP contribution in [0.3, 0.4) is 0 Å². The quantitative estimate of drug-likeness (QED) is 0.649. The first kappa shape index (κ1) is 18.1. The van der Waals surface area contributed by atoms with Gasteiger partial charge in [0.2, 0.25) is 0 Å². The Kier molecular flexibility index (Phi) is 5.59. The van der Waals surface area contributed by atoms with E-state index in [9.17, 15) is 18.0 Å². The predicted molar refractivity (Wildman–Crippen MR) is 93.8 cm³/mol. The van der Waals surface area contributed by atoms with Gasteiger partial charge in [0.15, 0.2) is 17.5 Å². The van der Waals surface area contributed by atoms with Crippen LogP contribution in [0.1, 0.15) is 36.0 Å². The molecule has 2 aromatic carbocycles. The number of carbonyl (C=O) groups excluding carboxylic acids is 1. The molecule has 0 heterocycles. The summed E-state index contributed by atoms with van der Waals surface area (Å²) in [6.07, 6.45) is 4.62. The normalized spacial score (nSPS) is 14.7. The molecule has 2 nitrogen and oxygen atoms in total. The van der Waals surface area contributed by atoms with Crippen LogP contribution in [-0.2, 0) is 0 Å². The summed E-state index contributed by atoms with van der Waals surface area (Å²) in [7, 11) is 0. The Hall–Kier alpha value is -1.66. The van der Waals surface area contributed by atoms with E-state index in [0.717, 1.165) is 29.9 Å². The van der Waals surface area contributed by atoms with E-state index in [1.165, 1.54) is 18.9 Å². The summed E-state index contributed by atoms with van der Waals surface area (Å²) in [6.45, 7) is 0. The third-order valence-corrected chi connectivity index (χ3v) is 5.87. The summed E-state index contributed by atoms with van der Waals surface area (Å²) < 4.78 is 39.5. The van der Waals surface area contributed by atoms with E-state index in [-0.39, 0.29) is 5.69 Å². The minimum atomic E-state index is -1.57. The molecule has 0 unspecified atom stereocenters. The number of hydrogen-bond donors (Lipinski definition) is 1. The van der Waals surface area contributed by atoms with Crippen molar-refractivity contribution in [2.24, 2.45) is 0 Å². The smallest absolute Gasteiger partial charge is 0.255 e. The van der Waals surface area contributed by atoms with Crippen LogP contribution >= 0.6 is 23.4 Å². The van der Waals surface area contributed by atoms with Gasteiger partial charge in [-0.15, -0.1) is 11.8 Å². The fourth-order valence-electron chi connectivity index (χ4n) is 2.75. The largest absolute Gasteiger partial charge is 0.322 e. The number of carbonyl (C=O) groups is 1. The van der Waals surface area contributed by atoms with Crippen molar-refractivity contribution in [1.29, 1.82) is 0 Å². The fraction of sp³-hybridized carbons (Fsp3) is 0.278. The molecule has 0 radical (unpaired) electrons. The zero-order chi connectivity index (χ0) is 18.0. The van der Waals surface area contributed by atoms with Crippen molar-refractivity contribution in [3.63, 3.8) is 0 Å². The summed E-state index contributed by atoms with van der Waals surface area (Å²) in [5.41, 5.74) is 0.163. The summed E-state index contributed by atoms with van der Waals surface area (Å²) in [5, 5.41) is 3.41. The predicted octanol–water partition coefficient (Wildman–Crippen LogP) is 6.04. The van der Waals surface area contributed by atoms with Gasteiger partial charge in [0, 0.05) is 33.5 Å². The maximum Gasteiger partial charge on any atom is 0.255 e. The number of halogens is 4. The van der Waals surface area contributed by atoms with Crippen molar-refractivity contribution in [1.82, 2.24) is 0 Å². The van der Waals surface area contributed by atoms with Gasteiger partial charge in [-0.05, 0) is 31.0 Å². The molecule has 1 fully saturated rings. The van der Waals surface area contributed by atoms with Gasteiger partial charge in [0.25, 0.3) is 5.91 Å². The van der Waals surface area contributed by atoms with Crippen molar-refractivity contribution < 1.29 is 18.0 Å². The Morgan fingerprint density at radius 3 is 2.36 bits per heavy atom. The first-order valence-corrected chi connectivity index (χ1v) is 9.12. The van der Waals surface area contributed by atoms with E-state index in [0.29, 0.717) is 15.8 Å². The highest BCUT2D eigenvalue weighted by atomic mass is 35.5. The third-order valence-electron chi connectivity index (χ3n) is 4.03. The van der Waals surface area contributed by atoms with Crippen LogP contribution in [0.2, 0.25) is 5.02 Å². The Labute approximate surface area is 152 Å². The summed E-state index contributed by atoms with van der Waals surface area (Å²) in [5.74, 6) is -4.83. The van der Waals surface area contributed by atoms with Gasteiger partial charge < -0.3 is 5.32 Å². The number of nitrogens with one attached hydrogen (secondary N) is 1. The maximum absolute atomic E-state index is 13.3. The highest BCUT2D eigenvalue weighted by molar-refractivity contribution is 8.00. The van der Waals surface area contributed by atoms with Crippen molar-refractivity contribution in [3.8, 4) is 0 Å². The van der Waals surface area contributed by atoms with E-state index in [1.54, 1.807) is 23.9 Å². The van der Waals surface area contributed by atoms with Crippen LogP contribution in [0.25, 0.3) is 0 Å². The molecule has 1 amide bonds. The van der Waals surface area contributed by atoms with Crippen molar-refractivity contribution in [2.75, 3.05) is 5.32 Å². The van der Waals surface area contributed by atoms with Crippen molar-refractivity contribution in [3.05, 3.63) is 58.4 Å². The monoisotopic (exact) mass is 385 g/mol. The lowest BCUT2D eigenvalue weighted by atomic mass is 10.2. The van der Waals surface area contributed by atoms with Crippen molar-refractivity contribution >= 4 is 35.0 Å². The van der Waals surface area contributed by atoms with Crippen LogP contribution in [0.4, 0.5) is 18.9 Å². The van der Waals surface area contributed by atoms with Gasteiger partial charge in [0.1, 0.15) is 0 Å². The highest BCUT2D eigenvalue weighted by Gasteiger charge is 2.19. The van der Waals surface area contributed by atoms with Crippen LogP contribution in [-0.4, -0.2) is 11.2 Å². The molecule has 1 aliphatic carbocycles. The van der Waals surface area contributed by atoms with Gasteiger partial charge in [-0.3, -0.25) is 4.79 Å². The van der Waals surface area contributed by atoms with E-state index in [4.69, 9.17) is 11.6 Å². The van der Waals surface area contributed by atoms with Gasteiger partial charge in [-0.25, -0.2) is 13.2 Å². The number of hydrogen-bond acceptors (Lipinski definition) is 2. The standard InChI is InChI=1S/C18H15ClF3NOS/c19-13-6-5-10(7-16(13)25-12-3-1-2-4-12)18(24)23-11-8-14(20)17(22)15(21)9-11/h5-9,12H,1-4H2,(H,23,24). The van der Waals surface area contributed by atoms with E-state index in [1.807, 2.05) is 0 Å². The lowest BCUT2D eigenvalue weighted by Crippen LogP contribution is -2.13. The average Bonchev–Trinajstić information content (AvgIpc) is 3.07. The molecule has 0 spiro atoms. The molecular formula is C18H15ClF3NOS. The molecule has 0 aliphatic heterocycles. The number of amides is 1. The molecule has 1 N–H and O–H groups in total. The van der Waals surface area contributed by atoms with Crippen LogP contribution in [0.5, 0.6) is 0 Å². The minimum absolute atomic E-state index is 0.152. The molecule has 3 rings (SSSR count). The Balaban J connectivity index is 1.77. The van der Waals surface area contributed by atoms with E-state index in [2.05, 4.69) is 5.32 Å². The number of anilines is 1. The Bertz CT molecular complexity index is 786. The summed E-state index contributed by atoms with van der Waals surface area (Å²) in [4.78, 5) is 13.1. The first-order chi connectivity index (χ1) is 11.9. The number of rotatable bonds is 4. The topological polar surface area (TPSA) is 29.1 Å². The van der Waals surface area contributed by atoms with Gasteiger partial charge in [-0.2, -0.15) is 0 Å². The van der Waals surface area contributed by atoms with E-state index < -0.39 is 23.4 Å². The third kappa shape index (κ3) is 4.30. The highest BCUT2D eigenvalue weighted by Crippen LogP contribution is 2.38. The van der Waals surface area contributed by atoms with Gasteiger partial charge in [0.05, 0.1) is 5.02 Å². The zero-order valence-corrected chi connectivity index (χ0v) is 14.7. The second kappa shape index (κ2) is 7.70. The SMILES string of the molecule is O=C(Nc1cc(F)c(F)c(F)c1)c1ccc(Cl)c(SC2CCCC2)c1. The molecule has 1 aliphatic rings. The molecule has 0 saturated heterocycles. The average molecular weight is 386 g/mol. The molecule has 0 atom stereocenters. The number of thioether (sulfide) groups is 1. The number of benzene rings is 2. The lowest BCUT2D eigenvalue weighted by Gasteiger charge is -2.12. The minimum Gasteiger partial charge on any atom is -0.322 e. The first-order valence-electron chi connectivity index (χ1n) is 7.86. The van der Waals surface area contributed by atoms with E-state index >= 15 is 0 Å². The second-order valence-corrected chi connectivity index (χ2v) is 7.63. The van der Waals surface area contributed by atoms with Crippen LogP contribution in [0, 0.1) is 17.5 Å². The summed E-state index contributed by atoms with van der Waals surface area (Å²) in [6, 6.07) is 6.30. The molecule has 0 bridgehead atoms. The molecule has 1 saturated carbocycles. The molecule has 25 heavy (non-hydrogen) atoms. The zero-order valence-electron chi connectivity index (χ0n) is 13.1. The molecule has 0 aromatic heterocycles. The second-order valence-electron chi connectivity index (χ2n) is 5.88. The Morgan fingerprint density at radius 1 is 1.08 bits per heavy atom. The molecule has 2 aromatic rings. The van der Waals surface area contributed by atoms with Gasteiger partial charge >= 0.3 is 0 Å². The molecule has 7 heteroatoms. The summed E-state index contributed by atoms with van der Waals surface area (Å²) >= 11 is 7.85. The Morgan fingerprint density at radius 2 is 1.72 bits per heavy atom. The lowest BCUT2D eigenvalue weighted by molar-refractivity contribution is 0.102. The van der Waals surface area contributed by atoms with Crippen LogP contribution < -0.4 is 5.32 Å². The molecule has 132 valence electrons. The van der Waals surface area contributed by atoms with Crippen molar-refractivity contribution in [2.45, 2.75) is 35.8 Å². The van der Waals surface area contributed by atoms with Gasteiger partial charge in [-0.1, -0.05) is 24.4 Å². The maximum atomic E-state index is 13.3. The fourth-order valence-corrected chi connectivity index (χ4v) is 4.31. The van der Waals surface area contributed by atoms with Crippen LogP contribution in [0.15, 0.2) is 35.2 Å².